The first-order valence-electron chi connectivity index (χ1n) is 13.0. The lowest BCUT2D eigenvalue weighted by Crippen LogP contribution is -2.71. The summed E-state index contributed by atoms with van der Waals surface area (Å²) in [6.45, 7) is 14.0. The van der Waals surface area contributed by atoms with Crippen LogP contribution < -0.4 is 0 Å². The molecule has 4 aliphatic rings. The molecule has 3 fully saturated rings. The minimum Gasteiger partial charge on any atom is -0.462 e. The fraction of sp³-hybridized carbons (Fsp3) is 0.750. The molecule has 0 amide bonds. The summed E-state index contributed by atoms with van der Waals surface area (Å²) in [5.41, 5.74) is -2.52. The molecule has 9 heteroatoms. The first kappa shape index (κ1) is 27.3. The maximum atomic E-state index is 13.0. The van der Waals surface area contributed by atoms with E-state index in [1.807, 2.05) is 20.8 Å². The van der Waals surface area contributed by atoms with Gasteiger partial charge in [-0.1, -0.05) is 27.7 Å². The number of carbonyl (C=O) groups is 5. The van der Waals surface area contributed by atoms with Crippen LogP contribution in [0.2, 0.25) is 0 Å². The van der Waals surface area contributed by atoms with Crippen LogP contribution >= 0.6 is 0 Å². The van der Waals surface area contributed by atoms with Gasteiger partial charge in [-0.2, -0.15) is 0 Å². The minimum atomic E-state index is -1.04. The molecule has 1 heterocycles. The molecule has 3 saturated carbocycles. The van der Waals surface area contributed by atoms with Crippen LogP contribution in [0.3, 0.4) is 0 Å². The molecule has 0 aromatic carbocycles. The molecule has 0 N–H and O–H groups in total. The summed E-state index contributed by atoms with van der Waals surface area (Å²) >= 11 is 0. The number of fused-ring (bicyclic) bond motifs is 5. The van der Waals surface area contributed by atoms with Crippen molar-refractivity contribution in [2.24, 2.45) is 33.5 Å². The van der Waals surface area contributed by atoms with E-state index in [4.69, 9.17) is 18.9 Å². The predicted octanol–water partition coefficient (Wildman–Crippen LogP) is 3.67. The Balaban J connectivity index is 1.94. The van der Waals surface area contributed by atoms with Gasteiger partial charge in [0.05, 0.1) is 5.41 Å². The molecule has 9 nitrogen and oxygen atoms in total. The molecule has 0 bridgehead atoms. The lowest BCUT2D eigenvalue weighted by atomic mass is 9.36. The average molecular weight is 519 g/mol. The molecule has 0 aromatic heterocycles. The van der Waals surface area contributed by atoms with Crippen molar-refractivity contribution in [3.05, 3.63) is 11.6 Å². The standard InChI is InChI=1S/C28H38O9/c1-14(29)34-20-13-22(36-16(3)31)27(7)17-9-10-26(6)19(12-23(32)37-24(26)33)28(17,8)21(35-15(2)30)11-18(27)25(20,4)5/h12,17-18,20-22H,9-11,13H2,1-8H3/t17?,18?,20-,21-,22+,26-,27-,28-/m1/s1. The van der Waals surface area contributed by atoms with E-state index in [1.54, 1.807) is 6.92 Å². The van der Waals surface area contributed by atoms with Gasteiger partial charge >= 0.3 is 29.8 Å². The Bertz CT molecular complexity index is 1090. The lowest BCUT2D eigenvalue weighted by molar-refractivity contribution is -0.262. The van der Waals surface area contributed by atoms with Gasteiger partial charge in [-0.15, -0.1) is 0 Å². The monoisotopic (exact) mass is 518 g/mol. The molecular formula is C28H38O9. The van der Waals surface area contributed by atoms with Crippen molar-refractivity contribution in [1.82, 2.24) is 0 Å². The fourth-order valence-electron chi connectivity index (χ4n) is 8.52. The first-order chi connectivity index (χ1) is 17.0. The van der Waals surface area contributed by atoms with Gasteiger partial charge in [-0.3, -0.25) is 19.2 Å². The molecule has 0 aromatic rings. The Morgan fingerprint density at radius 2 is 1.35 bits per heavy atom. The number of ether oxygens (including phenoxy) is 4. The van der Waals surface area contributed by atoms with Gasteiger partial charge in [0.2, 0.25) is 0 Å². The fourth-order valence-corrected chi connectivity index (χ4v) is 8.52. The number of esters is 5. The number of cyclic esters (lactones) is 2. The topological polar surface area (TPSA) is 122 Å². The van der Waals surface area contributed by atoms with Crippen LogP contribution in [0.1, 0.15) is 81.1 Å². The smallest absolute Gasteiger partial charge is 0.338 e. The van der Waals surface area contributed by atoms with Gasteiger partial charge in [0.25, 0.3) is 0 Å². The quantitative estimate of drug-likeness (QED) is 0.313. The van der Waals surface area contributed by atoms with E-state index in [9.17, 15) is 24.0 Å². The lowest BCUT2D eigenvalue weighted by Gasteiger charge is -2.69. The zero-order valence-corrected chi connectivity index (χ0v) is 23.0. The van der Waals surface area contributed by atoms with Gasteiger partial charge in [-0.25, -0.2) is 4.79 Å². The van der Waals surface area contributed by atoms with Crippen LogP contribution in [0.5, 0.6) is 0 Å². The maximum Gasteiger partial charge on any atom is 0.338 e. The number of hydrogen-bond donors (Lipinski definition) is 0. The summed E-state index contributed by atoms with van der Waals surface area (Å²) in [7, 11) is 0. The second-order valence-electron chi connectivity index (χ2n) is 12.5. The third kappa shape index (κ3) is 3.91. The zero-order valence-electron chi connectivity index (χ0n) is 23.0. The highest BCUT2D eigenvalue weighted by molar-refractivity contribution is 6.00. The number of rotatable bonds is 3. The predicted molar refractivity (Wildman–Crippen MR) is 129 cm³/mol. The molecule has 0 radical (unpaired) electrons. The first-order valence-corrected chi connectivity index (χ1v) is 13.0. The van der Waals surface area contributed by atoms with Crippen LogP contribution in [0.4, 0.5) is 0 Å². The molecule has 204 valence electrons. The average Bonchev–Trinajstić information content (AvgIpc) is 2.74. The Kier molecular flexibility index (Phi) is 6.40. The summed E-state index contributed by atoms with van der Waals surface area (Å²) in [6.07, 6.45) is 1.31. The summed E-state index contributed by atoms with van der Waals surface area (Å²) in [5, 5.41) is 0. The van der Waals surface area contributed by atoms with E-state index in [-0.39, 0.29) is 11.8 Å². The highest BCUT2D eigenvalue weighted by atomic mass is 16.6. The van der Waals surface area contributed by atoms with Gasteiger partial charge in [0.15, 0.2) is 0 Å². The van der Waals surface area contributed by atoms with Gasteiger partial charge < -0.3 is 18.9 Å². The Labute approximate surface area is 217 Å². The molecule has 3 aliphatic carbocycles. The molecular weight excluding hydrogens is 480 g/mol. The van der Waals surface area contributed by atoms with Gasteiger partial charge in [0, 0.05) is 49.5 Å². The van der Waals surface area contributed by atoms with Crippen LogP contribution in [0.15, 0.2) is 11.6 Å². The van der Waals surface area contributed by atoms with Crippen molar-refractivity contribution < 1.29 is 42.9 Å². The Morgan fingerprint density at radius 1 is 0.811 bits per heavy atom. The SMILES string of the molecule is CC(=O)O[C@H]1C[C@@H](OC(C)=O)C(C)(C)C2C[C@@H](OC(C)=O)[C@@]3(C)C4=CC(=O)OC(=O)[C@]4(C)CCC3[C@]21C. The van der Waals surface area contributed by atoms with Crippen LogP contribution in [0, 0.1) is 33.5 Å². The summed E-state index contributed by atoms with van der Waals surface area (Å²) in [5.74, 6) is -3.05. The van der Waals surface area contributed by atoms with Crippen molar-refractivity contribution in [2.75, 3.05) is 0 Å². The van der Waals surface area contributed by atoms with E-state index in [0.29, 0.717) is 31.3 Å². The van der Waals surface area contributed by atoms with E-state index < -0.39 is 69.8 Å². The summed E-state index contributed by atoms with van der Waals surface area (Å²) in [4.78, 5) is 62.2. The Morgan fingerprint density at radius 3 is 1.92 bits per heavy atom. The third-order valence-electron chi connectivity index (χ3n) is 10.1. The zero-order chi connectivity index (χ0) is 27.7. The highest BCUT2D eigenvalue weighted by Crippen LogP contribution is 2.72. The maximum absolute atomic E-state index is 13.0. The van der Waals surface area contributed by atoms with E-state index in [1.165, 1.54) is 26.8 Å². The molecule has 2 unspecified atom stereocenters. The normalized spacial score (nSPS) is 42.2. The summed E-state index contributed by atoms with van der Waals surface area (Å²) < 4.78 is 22.7. The van der Waals surface area contributed by atoms with Crippen molar-refractivity contribution in [3.8, 4) is 0 Å². The number of carbonyl (C=O) groups excluding carboxylic acids is 5. The van der Waals surface area contributed by atoms with Crippen LogP contribution in [0.25, 0.3) is 0 Å². The van der Waals surface area contributed by atoms with Crippen molar-refractivity contribution in [2.45, 2.75) is 99.4 Å². The van der Waals surface area contributed by atoms with E-state index in [2.05, 4.69) is 6.92 Å². The molecule has 4 rings (SSSR count). The molecule has 8 atom stereocenters. The largest absolute Gasteiger partial charge is 0.462 e. The summed E-state index contributed by atoms with van der Waals surface area (Å²) in [6, 6.07) is 0. The van der Waals surface area contributed by atoms with Crippen molar-refractivity contribution in [3.63, 3.8) is 0 Å². The van der Waals surface area contributed by atoms with Crippen LogP contribution in [-0.2, 0) is 42.9 Å². The molecule has 1 aliphatic heterocycles. The van der Waals surface area contributed by atoms with Gasteiger partial charge in [0.1, 0.15) is 18.3 Å². The minimum absolute atomic E-state index is 0.180. The van der Waals surface area contributed by atoms with Gasteiger partial charge in [-0.05, 0) is 43.6 Å². The van der Waals surface area contributed by atoms with E-state index in [0.717, 1.165) is 0 Å². The van der Waals surface area contributed by atoms with E-state index >= 15 is 0 Å². The molecule has 0 saturated heterocycles. The second-order valence-corrected chi connectivity index (χ2v) is 12.5. The Hall–Kier alpha value is -2.71. The van der Waals surface area contributed by atoms with Crippen LogP contribution in [-0.4, -0.2) is 48.2 Å². The van der Waals surface area contributed by atoms with Crippen molar-refractivity contribution in [1.29, 1.82) is 0 Å². The molecule has 37 heavy (non-hydrogen) atoms. The third-order valence-corrected chi connectivity index (χ3v) is 10.1. The highest BCUT2D eigenvalue weighted by Gasteiger charge is 2.72. The second kappa shape index (κ2) is 8.67. The number of hydrogen-bond acceptors (Lipinski definition) is 9. The van der Waals surface area contributed by atoms with Crippen molar-refractivity contribution >= 4 is 29.8 Å². The molecule has 0 spiro atoms.